The summed E-state index contributed by atoms with van der Waals surface area (Å²) in [6, 6.07) is 0. The molecule has 0 rings (SSSR count). The normalized spacial score (nSPS) is 11.6. The Morgan fingerprint density at radius 2 is 1.80 bits per heavy atom. The number of nitrogens with zero attached hydrogens (tertiary/aromatic N) is 1. The fourth-order valence-electron chi connectivity index (χ4n) is 0.768. The van der Waals surface area contributed by atoms with Gasteiger partial charge >= 0.3 is 0 Å². The second-order valence-electron chi connectivity index (χ2n) is 2.11. The summed E-state index contributed by atoms with van der Waals surface area (Å²) in [7, 11) is 0. The van der Waals surface area contributed by atoms with Crippen LogP contribution in [0.4, 0.5) is 0 Å². The third-order valence-corrected chi connectivity index (χ3v) is 1.69. The van der Waals surface area contributed by atoms with Gasteiger partial charge in [0, 0.05) is 12.4 Å². The first-order valence-electron chi connectivity index (χ1n) is 3.78. The topological polar surface area (TPSA) is 3.24 Å². The molecule has 0 radical (unpaired) electrons. The first-order chi connectivity index (χ1) is 4.85. The summed E-state index contributed by atoms with van der Waals surface area (Å²) < 4.78 is 0. The molecular weight excluding hydrogens is 146 g/mol. The fourth-order valence-corrected chi connectivity index (χ4v) is 0.894. The van der Waals surface area contributed by atoms with Crippen molar-refractivity contribution < 1.29 is 0 Å². The molecule has 0 aromatic carbocycles. The van der Waals surface area contributed by atoms with Crippen molar-refractivity contribution in [3.05, 3.63) is 12.2 Å². The number of hydrogen-bond acceptors (Lipinski definition) is 1. The SMILES string of the molecule is CCN(CC)CC=CCCl. The summed E-state index contributed by atoms with van der Waals surface area (Å²) in [5.41, 5.74) is 0. The molecular formula is C8H16ClN. The Kier molecular flexibility index (Phi) is 7.09. The van der Waals surface area contributed by atoms with E-state index in [1.807, 2.05) is 6.08 Å². The summed E-state index contributed by atoms with van der Waals surface area (Å²) in [5, 5.41) is 0. The largest absolute Gasteiger partial charge is 0.300 e. The van der Waals surface area contributed by atoms with Crippen molar-refractivity contribution in [1.29, 1.82) is 0 Å². The van der Waals surface area contributed by atoms with Crippen molar-refractivity contribution in [3.8, 4) is 0 Å². The van der Waals surface area contributed by atoms with E-state index in [1.54, 1.807) is 0 Å². The molecule has 0 aliphatic carbocycles. The van der Waals surface area contributed by atoms with Gasteiger partial charge in [0.05, 0.1) is 0 Å². The minimum atomic E-state index is 0.626. The Balaban J connectivity index is 3.34. The van der Waals surface area contributed by atoms with Gasteiger partial charge in [0.25, 0.3) is 0 Å². The molecule has 0 saturated heterocycles. The van der Waals surface area contributed by atoms with E-state index >= 15 is 0 Å². The average Bonchev–Trinajstić information content (AvgIpc) is 1.99. The Labute approximate surface area is 68.7 Å². The maximum absolute atomic E-state index is 5.47. The van der Waals surface area contributed by atoms with Crippen LogP contribution in [0.3, 0.4) is 0 Å². The van der Waals surface area contributed by atoms with Crippen LogP contribution < -0.4 is 0 Å². The first kappa shape index (κ1) is 9.99. The van der Waals surface area contributed by atoms with Crippen LogP contribution in [0.5, 0.6) is 0 Å². The fraction of sp³-hybridized carbons (Fsp3) is 0.750. The van der Waals surface area contributed by atoms with Gasteiger partial charge in [0.1, 0.15) is 0 Å². The van der Waals surface area contributed by atoms with E-state index in [9.17, 15) is 0 Å². The van der Waals surface area contributed by atoms with Crippen molar-refractivity contribution in [2.24, 2.45) is 0 Å². The quantitative estimate of drug-likeness (QED) is 0.441. The third-order valence-electron chi connectivity index (χ3n) is 1.51. The Bertz CT molecular complexity index is 87.3. The smallest absolute Gasteiger partial charge is 0.0404 e. The Morgan fingerprint density at radius 3 is 2.20 bits per heavy atom. The van der Waals surface area contributed by atoms with Gasteiger partial charge in [0.15, 0.2) is 0 Å². The van der Waals surface area contributed by atoms with Crippen LogP contribution >= 0.6 is 11.6 Å². The summed E-state index contributed by atoms with van der Waals surface area (Å²) in [4.78, 5) is 2.34. The van der Waals surface area contributed by atoms with Crippen LogP contribution in [0.1, 0.15) is 13.8 Å². The highest BCUT2D eigenvalue weighted by Crippen LogP contribution is 1.87. The highest BCUT2D eigenvalue weighted by Gasteiger charge is 1.92. The van der Waals surface area contributed by atoms with Crippen LogP contribution in [0.15, 0.2) is 12.2 Å². The van der Waals surface area contributed by atoms with Gasteiger partial charge in [-0.15, -0.1) is 11.6 Å². The molecule has 0 spiro atoms. The van der Waals surface area contributed by atoms with E-state index < -0.39 is 0 Å². The van der Waals surface area contributed by atoms with Gasteiger partial charge in [0.2, 0.25) is 0 Å². The lowest BCUT2D eigenvalue weighted by Crippen LogP contribution is -2.22. The predicted octanol–water partition coefficient (Wildman–Crippen LogP) is 2.12. The standard InChI is InChI=1S/C8H16ClN/c1-3-10(4-2)8-6-5-7-9/h5-6H,3-4,7-8H2,1-2H3. The molecule has 10 heavy (non-hydrogen) atoms. The van der Waals surface area contributed by atoms with Crippen molar-refractivity contribution in [2.75, 3.05) is 25.5 Å². The van der Waals surface area contributed by atoms with Crippen LogP contribution in [0.2, 0.25) is 0 Å². The molecule has 2 heteroatoms. The number of likely N-dealkylation sites (N-methyl/N-ethyl adjacent to an activating group) is 1. The molecule has 60 valence electrons. The molecule has 0 N–H and O–H groups in total. The number of allylic oxidation sites excluding steroid dienone is 1. The van der Waals surface area contributed by atoms with E-state index in [0.717, 1.165) is 19.6 Å². The summed E-state index contributed by atoms with van der Waals surface area (Å²) in [6.45, 7) is 7.59. The molecule has 0 amide bonds. The van der Waals surface area contributed by atoms with E-state index in [-0.39, 0.29) is 0 Å². The predicted molar refractivity (Wildman–Crippen MR) is 47.6 cm³/mol. The first-order valence-corrected chi connectivity index (χ1v) is 4.31. The monoisotopic (exact) mass is 161 g/mol. The minimum Gasteiger partial charge on any atom is -0.300 e. The maximum Gasteiger partial charge on any atom is 0.0404 e. The molecule has 0 bridgehead atoms. The molecule has 0 fully saturated rings. The number of halogens is 1. The molecule has 0 saturated carbocycles. The molecule has 0 atom stereocenters. The molecule has 0 aliphatic rings. The highest BCUT2D eigenvalue weighted by atomic mass is 35.5. The zero-order chi connectivity index (χ0) is 7.82. The van der Waals surface area contributed by atoms with Gasteiger partial charge in [-0.2, -0.15) is 0 Å². The van der Waals surface area contributed by atoms with Gasteiger partial charge < -0.3 is 4.90 Å². The molecule has 1 nitrogen and oxygen atoms in total. The molecule has 0 aromatic heterocycles. The lowest BCUT2D eigenvalue weighted by atomic mass is 10.4. The lowest BCUT2D eigenvalue weighted by molar-refractivity contribution is 0.337. The number of hydrogen-bond donors (Lipinski definition) is 0. The van der Waals surface area contributed by atoms with Crippen LogP contribution in [-0.2, 0) is 0 Å². The summed E-state index contributed by atoms with van der Waals surface area (Å²) in [5.74, 6) is 0.626. The Morgan fingerprint density at radius 1 is 1.20 bits per heavy atom. The van der Waals surface area contributed by atoms with E-state index in [0.29, 0.717) is 5.88 Å². The maximum atomic E-state index is 5.47. The Hall–Kier alpha value is -0.0100. The van der Waals surface area contributed by atoms with Crippen molar-refractivity contribution in [3.63, 3.8) is 0 Å². The lowest BCUT2D eigenvalue weighted by Gasteiger charge is -2.14. The minimum absolute atomic E-state index is 0.626. The van der Waals surface area contributed by atoms with Crippen molar-refractivity contribution >= 4 is 11.6 Å². The van der Waals surface area contributed by atoms with Crippen LogP contribution in [-0.4, -0.2) is 30.4 Å². The van der Waals surface area contributed by atoms with E-state index in [4.69, 9.17) is 11.6 Å². The summed E-state index contributed by atoms with van der Waals surface area (Å²) in [6.07, 6.45) is 4.10. The van der Waals surface area contributed by atoms with Gasteiger partial charge in [-0.3, -0.25) is 0 Å². The number of rotatable bonds is 5. The molecule has 0 aliphatic heterocycles. The summed E-state index contributed by atoms with van der Waals surface area (Å²) >= 11 is 5.47. The second-order valence-corrected chi connectivity index (χ2v) is 2.42. The number of alkyl halides is 1. The average molecular weight is 162 g/mol. The van der Waals surface area contributed by atoms with Gasteiger partial charge in [-0.25, -0.2) is 0 Å². The third kappa shape index (κ3) is 4.83. The van der Waals surface area contributed by atoms with E-state index in [2.05, 4.69) is 24.8 Å². The van der Waals surface area contributed by atoms with Gasteiger partial charge in [-0.1, -0.05) is 26.0 Å². The molecule has 0 aromatic rings. The zero-order valence-electron chi connectivity index (χ0n) is 6.81. The van der Waals surface area contributed by atoms with Crippen LogP contribution in [0, 0.1) is 0 Å². The highest BCUT2D eigenvalue weighted by molar-refractivity contribution is 6.18. The molecule has 0 heterocycles. The van der Waals surface area contributed by atoms with Crippen LogP contribution in [0.25, 0.3) is 0 Å². The van der Waals surface area contributed by atoms with Crippen molar-refractivity contribution in [1.82, 2.24) is 4.90 Å². The van der Waals surface area contributed by atoms with Gasteiger partial charge in [-0.05, 0) is 13.1 Å². The molecule has 0 unspecified atom stereocenters. The zero-order valence-corrected chi connectivity index (χ0v) is 7.56. The van der Waals surface area contributed by atoms with Crippen molar-refractivity contribution in [2.45, 2.75) is 13.8 Å². The second kappa shape index (κ2) is 7.10. The van der Waals surface area contributed by atoms with E-state index in [1.165, 1.54) is 0 Å².